The van der Waals surface area contributed by atoms with Crippen LogP contribution < -0.4 is 24.4 Å². The Kier molecular flexibility index (Phi) is 8.17. The molecule has 3 heterocycles. The SMILES string of the molecule is CCOc1ccc([C@H]2C(C(=O)OC)=CN=c3s/c(=C/c4cn(Cc5ccccc5F)c5ccccc45)c(=O)n32)cc1OCC. The molecule has 3 aromatic carbocycles. The third-order valence-electron chi connectivity index (χ3n) is 7.41. The molecule has 6 rings (SSSR count). The summed E-state index contributed by atoms with van der Waals surface area (Å²) < 4.78 is 35.1. The second-order valence-corrected chi connectivity index (χ2v) is 11.1. The number of nitrogens with zero attached hydrogens (tertiary/aromatic N) is 3. The molecule has 0 saturated heterocycles. The highest BCUT2D eigenvalue weighted by molar-refractivity contribution is 7.07. The molecule has 0 unspecified atom stereocenters. The Morgan fingerprint density at radius 1 is 1.02 bits per heavy atom. The number of ether oxygens (including phenoxy) is 3. The fourth-order valence-electron chi connectivity index (χ4n) is 5.46. The van der Waals surface area contributed by atoms with E-state index in [0.717, 1.165) is 16.5 Å². The average molecular weight is 612 g/mol. The van der Waals surface area contributed by atoms with Gasteiger partial charge in [-0.3, -0.25) is 9.36 Å². The summed E-state index contributed by atoms with van der Waals surface area (Å²) in [6.07, 6.45) is 5.21. The van der Waals surface area contributed by atoms with Gasteiger partial charge in [-0.2, -0.15) is 0 Å². The molecule has 1 aliphatic heterocycles. The molecule has 2 aromatic heterocycles. The van der Waals surface area contributed by atoms with Crippen LogP contribution in [-0.2, 0) is 16.1 Å². The quantitative estimate of drug-likeness (QED) is 0.220. The van der Waals surface area contributed by atoms with Crippen LogP contribution in [0.5, 0.6) is 11.5 Å². The summed E-state index contributed by atoms with van der Waals surface area (Å²) >= 11 is 1.23. The van der Waals surface area contributed by atoms with E-state index in [4.69, 9.17) is 14.2 Å². The molecule has 0 N–H and O–H groups in total. The minimum absolute atomic E-state index is 0.222. The predicted octanol–water partition coefficient (Wildman–Crippen LogP) is 4.96. The van der Waals surface area contributed by atoms with Gasteiger partial charge in [0.25, 0.3) is 5.56 Å². The predicted molar refractivity (Wildman–Crippen MR) is 167 cm³/mol. The number of benzene rings is 3. The Hall–Kier alpha value is -4.96. The van der Waals surface area contributed by atoms with Gasteiger partial charge >= 0.3 is 5.97 Å². The molecule has 224 valence electrons. The maximum absolute atomic E-state index is 14.5. The standard InChI is InChI=1S/C34H30FN3O5S/c1-4-42-28-15-14-21(16-29(28)43-5-2)31-25(33(40)41-3)18-36-34-38(31)32(39)30(44-34)17-23-20-37(27-13-9-7-11-24(23)27)19-22-10-6-8-12-26(22)35/h6-18,20,31H,4-5,19H2,1-3H3/b30-17+/t31-/m0/s1. The summed E-state index contributed by atoms with van der Waals surface area (Å²) in [5, 5.41) is 0.925. The molecular formula is C34H30FN3O5S. The Morgan fingerprint density at radius 2 is 1.77 bits per heavy atom. The summed E-state index contributed by atoms with van der Waals surface area (Å²) in [4.78, 5) is 31.9. The zero-order valence-electron chi connectivity index (χ0n) is 24.5. The van der Waals surface area contributed by atoms with Crippen LogP contribution in [0.1, 0.15) is 36.6 Å². The number of hydrogen-bond acceptors (Lipinski definition) is 7. The van der Waals surface area contributed by atoms with Crippen LogP contribution in [0.25, 0.3) is 17.0 Å². The van der Waals surface area contributed by atoms with Crippen molar-refractivity contribution in [2.24, 2.45) is 4.99 Å². The van der Waals surface area contributed by atoms with Crippen LogP contribution in [0.15, 0.2) is 94.5 Å². The lowest BCUT2D eigenvalue weighted by molar-refractivity contribution is -0.136. The van der Waals surface area contributed by atoms with Gasteiger partial charge in [-0.25, -0.2) is 14.2 Å². The zero-order chi connectivity index (χ0) is 30.8. The lowest BCUT2D eigenvalue weighted by Gasteiger charge is -2.23. The van der Waals surface area contributed by atoms with Crippen molar-refractivity contribution in [1.82, 2.24) is 9.13 Å². The largest absolute Gasteiger partial charge is 0.490 e. The summed E-state index contributed by atoms with van der Waals surface area (Å²) in [5.41, 5.74) is 2.86. The molecule has 0 saturated carbocycles. The first-order chi connectivity index (χ1) is 21.4. The number of carbonyl (C=O) groups excluding carboxylic acids is 1. The number of thiazole rings is 1. The van der Waals surface area contributed by atoms with Crippen molar-refractivity contribution in [1.29, 1.82) is 0 Å². The molecule has 5 aromatic rings. The lowest BCUT2D eigenvalue weighted by atomic mass is 9.97. The van der Waals surface area contributed by atoms with Gasteiger partial charge in [-0.05, 0) is 49.8 Å². The summed E-state index contributed by atoms with van der Waals surface area (Å²) in [6.45, 7) is 4.97. The second kappa shape index (κ2) is 12.3. The van der Waals surface area contributed by atoms with Gasteiger partial charge < -0.3 is 18.8 Å². The first-order valence-corrected chi connectivity index (χ1v) is 15.0. The summed E-state index contributed by atoms with van der Waals surface area (Å²) in [7, 11) is 1.30. The smallest absolute Gasteiger partial charge is 0.337 e. The lowest BCUT2D eigenvalue weighted by Crippen LogP contribution is -2.39. The molecule has 0 aliphatic carbocycles. The molecule has 0 radical (unpaired) electrons. The molecule has 1 aliphatic rings. The Balaban J connectivity index is 1.49. The van der Waals surface area contributed by atoms with E-state index in [1.165, 1.54) is 35.3 Å². The number of hydrogen-bond donors (Lipinski definition) is 0. The fraction of sp³-hybridized carbons (Fsp3) is 0.206. The third kappa shape index (κ3) is 5.33. The third-order valence-corrected chi connectivity index (χ3v) is 8.41. The van der Waals surface area contributed by atoms with E-state index in [2.05, 4.69) is 4.99 Å². The molecule has 8 nitrogen and oxygen atoms in total. The zero-order valence-corrected chi connectivity index (χ0v) is 25.3. The van der Waals surface area contributed by atoms with E-state index in [0.29, 0.717) is 51.7 Å². The Bertz CT molecular complexity index is 2090. The molecule has 0 bridgehead atoms. The number of aromatic nitrogens is 2. The van der Waals surface area contributed by atoms with Crippen molar-refractivity contribution >= 4 is 34.3 Å². The number of para-hydroxylation sites is 1. The van der Waals surface area contributed by atoms with E-state index in [9.17, 15) is 14.0 Å². The van der Waals surface area contributed by atoms with E-state index < -0.39 is 12.0 Å². The maximum Gasteiger partial charge on any atom is 0.337 e. The summed E-state index contributed by atoms with van der Waals surface area (Å²) in [6, 6.07) is 19.1. The molecule has 10 heteroatoms. The second-order valence-electron chi connectivity index (χ2n) is 10.1. The van der Waals surface area contributed by atoms with Crippen LogP contribution >= 0.6 is 11.3 Å². The number of rotatable bonds is 9. The topological polar surface area (TPSA) is 84.0 Å². The van der Waals surface area contributed by atoms with Crippen LogP contribution in [-0.4, -0.2) is 35.4 Å². The summed E-state index contributed by atoms with van der Waals surface area (Å²) in [5.74, 6) is 0.221. The van der Waals surface area contributed by atoms with Crippen molar-refractivity contribution in [2.75, 3.05) is 20.3 Å². The van der Waals surface area contributed by atoms with Gasteiger partial charge in [0.15, 0.2) is 16.3 Å². The van der Waals surface area contributed by atoms with Crippen molar-refractivity contribution in [3.8, 4) is 11.5 Å². The number of carbonyl (C=O) groups is 1. The number of esters is 1. The van der Waals surface area contributed by atoms with Gasteiger partial charge in [0.05, 0.1) is 43.0 Å². The van der Waals surface area contributed by atoms with Crippen molar-refractivity contribution < 1.29 is 23.4 Å². The maximum atomic E-state index is 14.5. The van der Waals surface area contributed by atoms with Crippen LogP contribution in [0.2, 0.25) is 0 Å². The van der Waals surface area contributed by atoms with E-state index in [1.54, 1.807) is 24.3 Å². The molecule has 0 fully saturated rings. The first kappa shape index (κ1) is 29.1. The number of fused-ring (bicyclic) bond motifs is 2. The van der Waals surface area contributed by atoms with Gasteiger partial charge in [0.1, 0.15) is 5.82 Å². The van der Waals surface area contributed by atoms with Crippen molar-refractivity contribution in [3.63, 3.8) is 0 Å². The normalized spacial score (nSPS) is 14.6. The highest BCUT2D eigenvalue weighted by Gasteiger charge is 2.31. The Morgan fingerprint density at radius 3 is 2.55 bits per heavy atom. The minimum Gasteiger partial charge on any atom is -0.490 e. The van der Waals surface area contributed by atoms with Crippen LogP contribution in [0.4, 0.5) is 4.39 Å². The number of halogens is 1. The van der Waals surface area contributed by atoms with Crippen LogP contribution in [0, 0.1) is 5.82 Å². The minimum atomic E-state index is -0.793. The average Bonchev–Trinajstić information content (AvgIpc) is 3.55. The molecule has 1 atom stereocenters. The fourth-order valence-corrected chi connectivity index (χ4v) is 6.42. The molecular weight excluding hydrogens is 581 g/mol. The molecule has 0 amide bonds. The van der Waals surface area contributed by atoms with Gasteiger partial charge in [-0.15, -0.1) is 0 Å². The Labute approximate surface area is 256 Å². The monoisotopic (exact) mass is 611 g/mol. The van der Waals surface area contributed by atoms with Crippen LogP contribution in [0.3, 0.4) is 0 Å². The first-order valence-electron chi connectivity index (χ1n) is 14.2. The molecule has 44 heavy (non-hydrogen) atoms. The van der Waals surface area contributed by atoms with E-state index >= 15 is 0 Å². The van der Waals surface area contributed by atoms with Gasteiger partial charge in [0, 0.05) is 34.4 Å². The van der Waals surface area contributed by atoms with Crippen molar-refractivity contribution in [2.45, 2.75) is 26.4 Å². The molecule has 0 spiro atoms. The highest BCUT2D eigenvalue weighted by Crippen LogP contribution is 2.35. The van der Waals surface area contributed by atoms with E-state index in [1.807, 2.05) is 67.1 Å². The van der Waals surface area contributed by atoms with E-state index in [-0.39, 0.29) is 16.9 Å². The van der Waals surface area contributed by atoms with Gasteiger partial charge in [0.2, 0.25) is 0 Å². The highest BCUT2D eigenvalue weighted by atomic mass is 32.1. The van der Waals surface area contributed by atoms with Gasteiger partial charge in [-0.1, -0.05) is 53.8 Å². The number of methoxy groups -OCH3 is 1. The van der Waals surface area contributed by atoms with Crippen molar-refractivity contribution in [3.05, 3.63) is 127 Å².